The van der Waals surface area contributed by atoms with Crippen molar-refractivity contribution in [3.8, 4) is 0 Å². The van der Waals surface area contributed by atoms with E-state index in [-0.39, 0.29) is 45.5 Å². The van der Waals surface area contributed by atoms with Crippen LogP contribution < -0.4 is 0 Å². The summed E-state index contributed by atoms with van der Waals surface area (Å²) in [5.74, 6) is 0. The van der Waals surface area contributed by atoms with Gasteiger partial charge in [0.2, 0.25) is 0 Å². The first-order valence-corrected chi connectivity index (χ1v) is 6.30. The molecule has 0 aromatic rings. The molecule has 0 aliphatic rings. The van der Waals surface area contributed by atoms with Gasteiger partial charge in [-0.25, -0.2) is 0 Å². The van der Waals surface area contributed by atoms with Crippen molar-refractivity contribution in [3.05, 3.63) is 0 Å². The maximum atomic E-state index is 5.32. The van der Waals surface area contributed by atoms with Gasteiger partial charge in [0.1, 0.15) is 0 Å². The number of hydrogen-bond acceptors (Lipinski definition) is 5. The van der Waals surface area contributed by atoms with Crippen molar-refractivity contribution in [2.75, 3.05) is 66.1 Å². The minimum atomic E-state index is 0. The average Bonchev–Trinajstić information content (AvgIpc) is 2.35. The van der Waals surface area contributed by atoms with Crippen LogP contribution in [0.1, 0.15) is 13.8 Å². The van der Waals surface area contributed by atoms with Gasteiger partial charge in [-0.15, -0.1) is 0 Å². The molecule has 0 aromatic carbocycles. The fraction of sp³-hybridized carbons (Fsp3) is 1.00. The van der Waals surface area contributed by atoms with Crippen molar-refractivity contribution >= 4 is 45.5 Å². The number of hydrogen-bond donors (Lipinski definition) is 0. The Balaban J connectivity index is 0. The van der Waals surface area contributed by atoms with Gasteiger partial charge in [-0.2, -0.15) is 0 Å². The summed E-state index contributed by atoms with van der Waals surface area (Å²) in [4.78, 5) is 0. The Morgan fingerprint density at radius 3 is 0.889 bits per heavy atom. The molecule has 0 atom stereocenters. The molecule has 0 saturated carbocycles. The van der Waals surface area contributed by atoms with E-state index in [0.717, 1.165) is 13.2 Å². The van der Waals surface area contributed by atoms with Crippen LogP contribution in [0.2, 0.25) is 0 Å². The van der Waals surface area contributed by atoms with E-state index in [2.05, 4.69) is 0 Å². The quantitative estimate of drug-likeness (QED) is 0.334. The number of ether oxygens (including phenoxy) is 5. The SMILES string of the molecule is CCOCCOCCOCCOCCOCC.[SrH2]. The van der Waals surface area contributed by atoms with Gasteiger partial charge < -0.3 is 23.7 Å². The van der Waals surface area contributed by atoms with Crippen LogP contribution >= 0.6 is 0 Å². The van der Waals surface area contributed by atoms with Crippen LogP contribution in [-0.4, -0.2) is 112 Å². The van der Waals surface area contributed by atoms with E-state index in [1.165, 1.54) is 0 Å². The molecule has 5 nitrogen and oxygen atoms in total. The van der Waals surface area contributed by atoms with Crippen molar-refractivity contribution in [3.63, 3.8) is 0 Å². The fourth-order valence-corrected chi connectivity index (χ4v) is 1.07. The van der Waals surface area contributed by atoms with Gasteiger partial charge >= 0.3 is 45.5 Å². The summed E-state index contributed by atoms with van der Waals surface area (Å²) in [6.45, 7) is 10.4. The molecule has 108 valence electrons. The molecular formula is C12H28O5Sr. The van der Waals surface area contributed by atoms with Crippen LogP contribution in [0.25, 0.3) is 0 Å². The molecule has 0 aromatic heterocycles. The van der Waals surface area contributed by atoms with Crippen LogP contribution in [0.4, 0.5) is 0 Å². The molecule has 0 saturated heterocycles. The third-order valence-corrected chi connectivity index (χ3v) is 1.90. The monoisotopic (exact) mass is 340 g/mol. The van der Waals surface area contributed by atoms with Crippen LogP contribution in [0.15, 0.2) is 0 Å². The Morgan fingerprint density at radius 2 is 0.667 bits per heavy atom. The van der Waals surface area contributed by atoms with Gasteiger partial charge in [0.15, 0.2) is 0 Å². The van der Waals surface area contributed by atoms with Crippen LogP contribution in [0, 0.1) is 0 Å². The van der Waals surface area contributed by atoms with Gasteiger partial charge in [0.05, 0.1) is 52.9 Å². The van der Waals surface area contributed by atoms with Gasteiger partial charge in [-0.1, -0.05) is 0 Å². The van der Waals surface area contributed by atoms with Crippen molar-refractivity contribution in [2.24, 2.45) is 0 Å². The van der Waals surface area contributed by atoms with E-state index in [1.54, 1.807) is 0 Å². The van der Waals surface area contributed by atoms with Gasteiger partial charge in [0, 0.05) is 13.2 Å². The Hall–Kier alpha value is 1.28. The Bertz CT molecular complexity index is 124. The first kappa shape index (κ1) is 21.6. The normalized spacial score (nSPS) is 10.3. The van der Waals surface area contributed by atoms with Crippen molar-refractivity contribution in [1.29, 1.82) is 0 Å². The van der Waals surface area contributed by atoms with E-state index in [4.69, 9.17) is 23.7 Å². The Labute approximate surface area is 148 Å². The Morgan fingerprint density at radius 1 is 0.444 bits per heavy atom. The fourth-order valence-electron chi connectivity index (χ4n) is 1.07. The molecular weight excluding hydrogens is 312 g/mol. The van der Waals surface area contributed by atoms with Crippen LogP contribution in [0.3, 0.4) is 0 Å². The molecule has 0 radical (unpaired) electrons. The molecule has 6 heteroatoms. The standard InChI is InChI=1S/C12H26O5.Sr.2H/c1-3-13-5-7-15-9-11-17-12-10-16-8-6-14-4-2;;;/h3-12H2,1-2H3;;;. The second kappa shape index (κ2) is 20.6. The zero-order valence-electron chi connectivity index (χ0n) is 11.1. The van der Waals surface area contributed by atoms with Gasteiger partial charge in [-0.05, 0) is 13.8 Å². The molecule has 0 N–H and O–H groups in total. The molecule has 18 heavy (non-hydrogen) atoms. The van der Waals surface area contributed by atoms with E-state index in [9.17, 15) is 0 Å². The predicted octanol–water partition coefficient (Wildman–Crippen LogP) is 0.193. The molecule has 0 unspecified atom stereocenters. The summed E-state index contributed by atoms with van der Waals surface area (Å²) in [5, 5.41) is 0. The topological polar surface area (TPSA) is 46.2 Å². The van der Waals surface area contributed by atoms with E-state index in [1.807, 2.05) is 13.8 Å². The summed E-state index contributed by atoms with van der Waals surface area (Å²) < 4.78 is 26.1. The second-order valence-corrected chi connectivity index (χ2v) is 3.23. The zero-order valence-corrected chi connectivity index (χ0v) is 11.1. The van der Waals surface area contributed by atoms with Crippen molar-refractivity contribution in [1.82, 2.24) is 0 Å². The molecule has 0 heterocycles. The average molecular weight is 340 g/mol. The van der Waals surface area contributed by atoms with Crippen LogP contribution in [-0.2, 0) is 23.7 Å². The molecule has 0 aliphatic heterocycles. The second-order valence-electron chi connectivity index (χ2n) is 3.23. The van der Waals surface area contributed by atoms with E-state index >= 15 is 0 Å². The van der Waals surface area contributed by atoms with Crippen LogP contribution in [0.5, 0.6) is 0 Å². The Kier molecular flexibility index (Phi) is 24.7. The maximum absolute atomic E-state index is 5.32. The van der Waals surface area contributed by atoms with Crippen molar-refractivity contribution in [2.45, 2.75) is 13.8 Å². The number of rotatable bonds is 14. The molecule has 0 amide bonds. The zero-order chi connectivity index (χ0) is 12.6. The minimum absolute atomic E-state index is 0. The van der Waals surface area contributed by atoms with Gasteiger partial charge in [-0.3, -0.25) is 0 Å². The summed E-state index contributed by atoms with van der Waals surface area (Å²) in [6.07, 6.45) is 0. The molecule has 0 aliphatic carbocycles. The summed E-state index contributed by atoms with van der Waals surface area (Å²) in [7, 11) is 0. The summed E-state index contributed by atoms with van der Waals surface area (Å²) in [5.41, 5.74) is 0. The van der Waals surface area contributed by atoms with E-state index < -0.39 is 0 Å². The molecule has 0 spiro atoms. The molecule has 0 bridgehead atoms. The third kappa shape index (κ3) is 19.6. The molecule has 0 fully saturated rings. The third-order valence-electron chi connectivity index (χ3n) is 1.90. The van der Waals surface area contributed by atoms with E-state index in [0.29, 0.717) is 52.9 Å². The first-order valence-electron chi connectivity index (χ1n) is 6.30. The summed E-state index contributed by atoms with van der Waals surface area (Å²) >= 11 is 0. The predicted molar refractivity (Wildman–Crippen MR) is 74.0 cm³/mol. The molecule has 0 rings (SSSR count). The van der Waals surface area contributed by atoms with Crippen molar-refractivity contribution < 1.29 is 23.7 Å². The first-order chi connectivity index (χ1) is 8.41. The van der Waals surface area contributed by atoms with Gasteiger partial charge in [0.25, 0.3) is 0 Å². The summed E-state index contributed by atoms with van der Waals surface area (Å²) in [6, 6.07) is 0.